The van der Waals surface area contributed by atoms with Gasteiger partial charge in [-0.15, -0.1) is 0 Å². The molecule has 0 bridgehead atoms. The Morgan fingerprint density at radius 3 is 2.50 bits per heavy atom. The molecule has 0 aliphatic carbocycles. The Bertz CT molecular complexity index is 1220. The van der Waals surface area contributed by atoms with Gasteiger partial charge in [0, 0.05) is 46.9 Å². The molecular formula is C29H38BrClN2O4Si. The minimum absolute atomic E-state index is 0.119. The summed E-state index contributed by atoms with van der Waals surface area (Å²) in [4.78, 5) is 28.5. The highest BCUT2D eigenvalue weighted by Crippen LogP contribution is 2.56. The van der Waals surface area contributed by atoms with E-state index in [1.54, 1.807) is 18.1 Å². The fraction of sp³-hybridized carbons (Fsp3) is 0.448. The number of β-amino-alcohol motifs (C(OH)–C–C–N with tert-alkyl or cyclic N) is 1. The second-order valence-electron chi connectivity index (χ2n) is 11.1. The zero-order valence-electron chi connectivity index (χ0n) is 23.0. The van der Waals surface area contributed by atoms with Gasteiger partial charge in [0.25, 0.3) is 0 Å². The molecule has 4 atom stereocenters. The van der Waals surface area contributed by atoms with Crippen LogP contribution < -0.4 is 5.32 Å². The average molecular weight is 622 g/mol. The number of halogens is 2. The van der Waals surface area contributed by atoms with Gasteiger partial charge in [0.2, 0.25) is 11.8 Å². The monoisotopic (exact) mass is 620 g/mol. The molecule has 1 unspecified atom stereocenters. The van der Waals surface area contributed by atoms with Crippen molar-refractivity contribution in [3.05, 3.63) is 75.2 Å². The number of aliphatic hydroxyl groups is 1. The highest BCUT2D eigenvalue weighted by Gasteiger charge is 2.63. The fourth-order valence-electron chi connectivity index (χ4n) is 5.45. The highest BCUT2D eigenvalue weighted by molar-refractivity contribution is 9.10. The van der Waals surface area contributed by atoms with E-state index in [1.807, 2.05) is 43.3 Å². The molecule has 2 N–H and O–H groups in total. The second-order valence-corrected chi connectivity index (χ2v) is 18.0. The van der Waals surface area contributed by atoms with Crippen LogP contribution in [-0.4, -0.2) is 61.9 Å². The molecule has 4 rings (SSSR count). The third-order valence-electron chi connectivity index (χ3n) is 7.67. The molecule has 0 saturated carbocycles. The number of amides is 2. The van der Waals surface area contributed by atoms with E-state index in [4.69, 9.17) is 16.3 Å². The number of methoxy groups -OCH3 is 1. The van der Waals surface area contributed by atoms with Gasteiger partial charge in [0.15, 0.2) is 0 Å². The quantitative estimate of drug-likeness (QED) is 0.300. The number of nitrogens with zero attached hydrogens (tertiary/aromatic N) is 1. The third kappa shape index (κ3) is 5.80. The van der Waals surface area contributed by atoms with Crippen LogP contribution in [0, 0.1) is 0 Å². The number of aliphatic hydroxyl groups excluding tert-OH is 1. The average Bonchev–Trinajstić information content (AvgIpc) is 3.11. The Hall–Kier alpha value is -1.97. The molecule has 1 saturated heterocycles. The van der Waals surface area contributed by atoms with Gasteiger partial charge in [-0.1, -0.05) is 77.5 Å². The number of hydrogen-bond donors (Lipinski definition) is 2. The largest absolute Gasteiger partial charge is 0.395 e. The van der Waals surface area contributed by atoms with Gasteiger partial charge in [-0.25, -0.2) is 0 Å². The van der Waals surface area contributed by atoms with E-state index in [2.05, 4.69) is 54.4 Å². The first-order valence-corrected chi connectivity index (χ1v) is 17.5. The lowest BCUT2D eigenvalue weighted by Crippen LogP contribution is -2.64. The van der Waals surface area contributed by atoms with Crippen molar-refractivity contribution in [2.45, 2.75) is 63.0 Å². The topological polar surface area (TPSA) is 78.9 Å². The molecule has 9 heteroatoms. The van der Waals surface area contributed by atoms with Crippen molar-refractivity contribution >= 4 is 53.1 Å². The number of likely N-dealkylation sites (tertiary alicyclic amines) is 1. The number of benzene rings is 2. The Morgan fingerprint density at radius 2 is 1.97 bits per heavy atom. The summed E-state index contributed by atoms with van der Waals surface area (Å²) in [6, 6.07) is 12.4. The molecular weight excluding hydrogens is 584 g/mol. The van der Waals surface area contributed by atoms with Gasteiger partial charge in [0.05, 0.1) is 20.7 Å². The number of fused-ring (bicyclic) bond motifs is 2. The lowest BCUT2D eigenvalue weighted by atomic mass is 9.58. The Kier molecular flexibility index (Phi) is 9.69. The molecule has 0 radical (unpaired) electrons. The second kappa shape index (κ2) is 12.0. The van der Waals surface area contributed by atoms with Crippen LogP contribution in [0.15, 0.2) is 59.1 Å². The van der Waals surface area contributed by atoms with Gasteiger partial charge >= 0.3 is 0 Å². The third-order valence-corrected chi connectivity index (χ3v) is 11.1. The normalized spacial score (nSPS) is 23.4. The maximum absolute atomic E-state index is 13.8. The zero-order chi connectivity index (χ0) is 28.4. The molecule has 2 amide bonds. The maximum atomic E-state index is 13.8. The number of ether oxygens (including phenoxy) is 1. The smallest absolute Gasteiger partial charge is 0.238 e. The number of rotatable bonds is 6. The predicted molar refractivity (Wildman–Crippen MR) is 160 cm³/mol. The molecule has 2 aliphatic heterocycles. The standard InChI is InChI=1S/C23H22BrClN2O3.C6H16OSi/c1-13(2)21-23(17-7-6-15(24)11-19(17)26-22(23)30)18(12-20(29)27(21)8-9-28)14-4-3-5-16(25)10-14;1-6(7-2)8(3,4)5/h3-7,10-11,18,21,28H,1,8-9,12H2,2H3,(H,26,30);6H,1-5H3/t18-,21+,23-;/m1./s1. The van der Waals surface area contributed by atoms with Gasteiger partial charge in [-0.3, -0.25) is 9.59 Å². The summed E-state index contributed by atoms with van der Waals surface area (Å²) in [7, 11) is 0.798. The maximum Gasteiger partial charge on any atom is 0.238 e. The number of hydrogen-bond acceptors (Lipinski definition) is 4. The molecule has 2 heterocycles. The van der Waals surface area contributed by atoms with Crippen LogP contribution in [0.3, 0.4) is 0 Å². The van der Waals surface area contributed by atoms with Crippen molar-refractivity contribution in [3.63, 3.8) is 0 Å². The number of carbonyl (C=O) groups excluding carboxylic acids is 2. The van der Waals surface area contributed by atoms with Gasteiger partial charge in [-0.05, 0) is 49.2 Å². The van der Waals surface area contributed by atoms with Crippen LogP contribution in [0.4, 0.5) is 5.69 Å². The van der Waals surface area contributed by atoms with E-state index < -0.39 is 25.4 Å². The first-order valence-electron chi connectivity index (χ1n) is 12.7. The predicted octanol–water partition coefficient (Wildman–Crippen LogP) is 6.14. The molecule has 1 spiro atoms. The van der Waals surface area contributed by atoms with E-state index in [9.17, 15) is 14.7 Å². The Labute approximate surface area is 240 Å². The van der Waals surface area contributed by atoms with Crippen molar-refractivity contribution in [3.8, 4) is 0 Å². The lowest BCUT2D eigenvalue weighted by Gasteiger charge is -2.51. The van der Waals surface area contributed by atoms with E-state index in [0.29, 0.717) is 22.0 Å². The van der Waals surface area contributed by atoms with Crippen LogP contribution >= 0.6 is 27.5 Å². The molecule has 1 fully saturated rings. The lowest BCUT2D eigenvalue weighted by molar-refractivity contribution is -0.144. The van der Waals surface area contributed by atoms with Crippen molar-refractivity contribution in [1.82, 2.24) is 4.90 Å². The minimum Gasteiger partial charge on any atom is -0.395 e. The number of nitrogens with one attached hydrogen (secondary N) is 1. The number of anilines is 1. The SMILES string of the molecule is C=C(C)[C@@H]1N(CCO)C(=O)C[C@H](c2cccc(Cl)c2)[C@@]12C(=O)Nc1cc(Br)ccc12.COC(C)[Si](C)(C)C. The van der Waals surface area contributed by atoms with E-state index in [-0.39, 0.29) is 31.4 Å². The van der Waals surface area contributed by atoms with E-state index in [1.165, 1.54) is 0 Å². The minimum atomic E-state index is -1.07. The molecule has 38 heavy (non-hydrogen) atoms. The van der Waals surface area contributed by atoms with Crippen molar-refractivity contribution < 1.29 is 19.4 Å². The van der Waals surface area contributed by atoms with Crippen molar-refractivity contribution in [2.24, 2.45) is 0 Å². The van der Waals surface area contributed by atoms with Crippen LogP contribution in [0.2, 0.25) is 24.7 Å². The first-order chi connectivity index (χ1) is 17.8. The summed E-state index contributed by atoms with van der Waals surface area (Å²) in [6.07, 6.45) is 0.132. The molecule has 2 aromatic carbocycles. The summed E-state index contributed by atoms with van der Waals surface area (Å²) in [5, 5.41) is 13.2. The Balaban J connectivity index is 0.000000436. The van der Waals surface area contributed by atoms with Crippen molar-refractivity contribution in [1.29, 1.82) is 0 Å². The van der Waals surface area contributed by atoms with Crippen LogP contribution in [0.25, 0.3) is 0 Å². The van der Waals surface area contributed by atoms with Gasteiger partial charge in [-0.2, -0.15) is 0 Å². The van der Waals surface area contributed by atoms with Crippen molar-refractivity contribution in [2.75, 3.05) is 25.6 Å². The number of carbonyl (C=O) groups is 2. The fourth-order valence-corrected chi connectivity index (χ4v) is 6.72. The Morgan fingerprint density at radius 1 is 1.29 bits per heavy atom. The van der Waals surface area contributed by atoms with Gasteiger partial charge < -0.3 is 20.1 Å². The molecule has 6 nitrogen and oxygen atoms in total. The molecule has 2 aromatic rings. The highest BCUT2D eigenvalue weighted by atomic mass is 79.9. The summed E-state index contributed by atoms with van der Waals surface area (Å²) in [5.41, 5.74) is 2.47. The summed E-state index contributed by atoms with van der Waals surface area (Å²) in [5.74, 6) is -0.724. The summed E-state index contributed by atoms with van der Waals surface area (Å²) >= 11 is 9.75. The van der Waals surface area contributed by atoms with Crippen LogP contribution in [-0.2, 0) is 19.7 Å². The number of piperidine rings is 1. The first kappa shape index (κ1) is 30.6. The summed E-state index contributed by atoms with van der Waals surface area (Å²) in [6.45, 7) is 15.0. The molecule has 206 valence electrons. The van der Waals surface area contributed by atoms with Crippen LogP contribution in [0.5, 0.6) is 0 Å². The summed E-state index contributed by atoms with van der Waals surface area (Å²) < 4.78 is 6.03. The zero-order valence-corrected chi connectivity index (χ0v) is 26.3. The molecule has 2 aliphatic rings. The van der Waals surface area contributed by atoms with Gasteiger partial charge in [0.1, 0.15) is 5.41 Å². The van der Waals surface area contributed by atoms with E-state index in [0.717, 1.165) is 15.6 Å². The molecule has 0 aromatic heterocycles. The van der Waals surface area contributed by atoms with Crippen LogP contribution in [0.1, 0.15) is 37.3 Å². The van der Waals surface area contributed by atoms with E-state index >= 15 is 0 Å².